The summed E-state index contributed by atoms with van der Waals surface area (Å²) < 4.78 is 1.77. The van der Waals surface area contributed by atoms with E-state index in [0.717, 1.165) is 11.3 Å². The van der Waals surface area contributed by atoms with Gasteiger partial charge in [-0.3, -0.25) is 9.89 Å². The van der Waals surface area contributed by atoms with Crippen LogP contribution in [0.5, 0.6) is 0 Å². The Hall–Kier alpha value is -3.09. The van der Waals surface area contributed by atoms with Crippen LogP contribution in [0.3, 0.4) is 0 Å². The summed E-state index contributed by atoms with van der Waals surface area (Å²) >= 11 is 0. The van der Waals surface area contributed by atoms with E-state index in [9.17, 15) is 4.79 Å². The minimum absolute atomic E-state index is 0.197. The molecule has 0 bridgehead atoms. The summed E-state index contributed by atoms with van der Waals surface area (Å²) in [4.78, 5) is 12.2. The predicted molar refractivity (Wildman–Crippen MR) is 82.4 cm³/mol. The zero-order valence-corrected chi connectivity index (χ0v) is 12.0. The summed E-state index contributed by atoms with van der Waals surface area (Å²) in [7, 11) is 0. The molecule has 1 aromatic carbocycles. The SMILES string of the molecule is C[C@H](NC(=O)c1cc(N)n[nH]1)c1ccccc1-n1cccn1. The van der Waals surface area contributed by atoms with Crippen molar-refractivity contribution in [2.45, 2.75) is 13.0 Å². The number of para-hydroxylation sites is 1. The molecule has 2 aromatic heterocycles. The molecule has 0 unspecified atom stereocenters. The molecular weight excluding hydrogens is 280 g/mol. The third kappa shape index (κ3) is 2.69. The fraction of sp³-hybridized carbons (Fsp3) is 0.133. The molecule has 4 N–H and O–H groups in total. The van der Waals surface area contributed by atoms with Crippen LogP contribution in [0.15, 0.2) is 48.8 Å². The molecule has 3 rings (SSSR count). The second-order valence-corrected chi connectivity index (χ2v) is 4.91. The van der Waals surface area contributed by atoms with Crippen LogP contribution in [0, 0.1) is 0 Å². The third-order valence-electron chi connectivity index (χ3n) is 3.34. The van der Waals surface area contributed by atoms with Crippen LogP contribution in [-0.2, 0) is 0 Å². The van der Waals surface area contributed by atoms with Gasteiger partial charge >= 0.3 is 0 Å². The van der Waals surface area contributed by atoms with Crippen molar-refractivity contribution in [2.24, 2.45) is 0 Å². The highest BCUT2D eigenvalue weighted by molar-refractivity contribution is 5.93. The number of nitrogens with one attached hydrogen (secondary N) is 2. The molecule has 112 valence electrons. The summed E-state index contributed by atoms with van der Waals surface area (Å²) in [6.07, 6.45) is 3.58. The Morgan fingerprint density at radius 2 is 2.18 bits per heavy atom. The number of hydrogen-bond donors (Lipinski definition) is 3. The number of rotatable bonds is 4. The first-order valence-electron chi connectivity index (χ1n) is 6.86. The molecular formula is C15H16N6O. The van der Waals surface area contributed by atoms with Gasteiger partial charge in [0.15, 0.2) is 0 Å². The number of amides is 1. The Morgan fingerprint density at radius 1 is 1.36 bits per heavy atom. The Labute approximate surface area is 127 Å². The van der Waals surface area contributed by atoms with Crippen LogP contribution >= 0.6 is 0 Å². The van der Waals surface area contributed by atoms with E-state index in [2.05, 4.69) is 20.6 Å². The van der Waals surface area contributed by atoms with E-state index >= 15 is 0 Å². The molecule has 0 radical (unpaired) electrons. The fourth-order valence-corrected chi connectivity index (χ4v) is 2.28. The van der Waals surface area contributed by atoms with Gasteiger partial charge in [-0.05, 0) is 24.6 Å². The van der Waals surface area contributed by atoms with Crippen molar-refractivity contribution in [1.29, 1.82) is 0 Å². The number of carbonyl (C=O) groups excluding carboxylic acids is 1. The number of carbonyl (C=O) groups is 1. The summed E-state index contributed by atoms with van der Waals surface area (Å²) in [5.41, 5.74) is 7.73. The van der Waals surface area contributed by atoms with Crippen molar-refractivity contribution in [2.75, 3.05) is 5.73 Å². The molecule has 7 heteroatoms. The Bertz CT molecular complexity index is 777. The van der Waals surface area contributed by atoms with Gasteiger partial charge < -0.3 is 11.1 Å². The Kier molecular flexibility index (Phi) is 3.61. The molecule has 1 amide bonds. The highest BCUT2D eigenvalue weighted by Crippen LogP contribution is 2.21. The number of nitrogens with two attached hydrogens (primary N) is 1. The Balaban J connectivity index is 1.84. The van der Waals surface area contributed by atoms with E-state index < -0.39 is 0 Å². The highest BCUT2D eigenvalue weighted by atomic mass is 16.2. The van der Waals surface area contributed by atoms with Crippen molar-refractivity contribution < 1.29 is 4.79 Å². The fourth-order valence-electron chi connectivity index (χ4n) is 2.28. The smallest absolute Gasteiger partial charge is 0.269 e. The number of nitrogen functional groups attached to an aromatic ring is 1. The molecule has 0 aliphatic rings. The summed E-state index contributed by atoms with van der Waals surface area (Å²) in [6.45, 7) is 1.92. The summed E-state index contributed by atoms with van der Waals surface area (Å²) in [5, 5.41) is 13.5. The quantitative estimate of drug-likeness (QED) is 0.681. The maximum absolute atomic E-state index is 12.2. The number of aromatic amines is 1. The minimum Gasteiger partial charge on any atom is -0.382 e. The van der Waals surface area contributed by atoms with Crippen LogP contribution in [-0.4, -0.2) is 25.9 Å². The lowest BCUT2D eigenvalue weighted by atomic mass is 10.1. The lowest BCUT2D eigenvalue weighted by Gasteiger charge is -2.17. The molecule has 0 fully saturated rings. The van der Waals surface area contributed by atoms with E-state index in [1.54, 1.807) is 10.9 Å². The lowest BCUT2D eigenvalue weighted by molar-refractivity contribution is 0.0935. The summed E-state index contributed by atoms with van der Waals surface area (Å²) in [5.74, 6) is 0.0294. The molecule has 22 heavy (non-hydrogen) atoms. The van der Waals surface area contributed by atoms with Gasteiger partial charge in [-0.1, -0.05) is 18.2 Å². The zero-order chi connectivity index (χ0) is 15.5. The van der Waals surface area contributed by atoms with Gasteiger partial charge in [0.2, 0.25) is 0 Å². The third-order valence-corrected chi connectivity index (χ3v) is 3.34. The molecule has 2 heterocycles. The van der Waals surface area contributed by atoms with Crippen molar-refractivity contribution in [3.8, 4) is 5.69 Å². The predicted octanol–water partition coefficient (Wildman–Crippen LogP) is 1.67. The number of H-pyrrole nitrogens is 1. The van der Waals surface area contributed by atoms with Crippen LogP contribution in [0.4, 0.5) is 5.82 Å². The maximum atomic E-state index is 12.2. The first kappa shape index (κ1) is 13.9. The molecule has 0 saturated heterocycles. The van der Waals surface area contributed by atoms with Gasteiger partial charge in [-0.25, -0.2) is 4.68 Å². The van der Waals surface area contributed by atoms with Gasteiger partial charge in [-0.2, -0.15) is 10.2 Å². The zero-order valence-electron chi connectivity index (χ0n) is 12.0. The van der Waals surface area contributed by atoms with Crippen LogP contribution in [0.1, 0.15) is 29.0 Å². The minimum atomic E-state index is -0.257. The van der Waals surface area contributed by atoms with Crippen molar-refractivity contribution in [3.63, 3.8) is 0 Å². The Morgan fingerprint density at radius 3 is 2.86 bits per heavy atom. The molecule has 1 atom stereocenters. The van der Waals surface area contributed by atoms with Gasteiger partial charge in [-0.15, -0.1) is 0 Å². The van der Waals surface area contributed by atoms with Crippen LogP contribution in [0.25, 0.3) is 5.69 Å². The number of benzene rings is 1. The average Bonchev–Trinajstić information content (AvgIpc) is 3.18. The second kappa shape index (κ2) is 5.72. The molecule has 0 saturated carbocycles. The van der Waals surface area contributed by atoms with E-state index in [1.807, 2.05) is 43.5 Å². The standard InChI is InChI=1S/C15H16N6O/c1-10(18-15(22)12-9-14(16)20-19-12)11-5-2-3-6-13(11)21-8-4-7-17-21/h2-10H,1H3,(H,18,22)(H3,16,19,20)/t10-/m0/s1. The molecule has 0 aliphatic heterocycles. The average molecular weight is 296 g/mol. The molecule has 7 nitrogen and oxygen atoms in total. The van der Waals surface area contributed by atoms with E-state index in [4.69, 9.17) is 5.73 Å². The first-order valence-corrected chi connectivity index (χ1v) is 6.86. The van der Waals surface area contributed by atoms with Crippen molar-refractivity contribution >= 4 is 11.7 Å². The number of anilines is 1. The van der Waals surface area contributed by atoms with Gasteiger partial charge in [0.25, 0.3) is 5.91 Å². The second-order valence-electron chi connectivity index (χ2n) is 4.91. The van der Waals surface area contributed by atoms with Gasteiger partial charge in [0.1, 0.15) is 11.5 Å². The highest BCUT2D eigenvalue weighted by Gasteiger charge is 2.16. The topological polar surface area (TPSA) is 102 Å². The van der Waals surface area contributed by atoms with E-state index in [-0.39, 0.29) is 17.8 Å². The van der Waals surface area contributed by atoms with Gasteiger partial charge in [0.05, 0.1) is 11.7 Å². The first-order chi connectivity index (χ1) is 10.6. The van der Waals surface area contributed by atoms with Crippen molar-refractivity contribution in [3.05, 3.63) is 60.0 Å². The monoisotopic (exact) mass is 296 g/mol. The maximum Gasteiger partial charge on any atom is 0.269 e. The number of aromatic nitrogens is 4. The van der Waals surface area contributed by atoms with E-state index in [0.29, 0.717) is 5.69 Å². The molecule has 0 spiro atoms. The van der Waals surface area contributed by atoms with Gasteiger partial charge in [0, 0.05) is 18.5 Å². The van der Waals surface area contributed by atoms with E-state index in [1.165, 1.54) is 6.07 Å². The number of hydrogen-bond acceptors (Lipinski definition) is 4. The summed E-state index contributed by atoms with van der Waals surface area (Å²) in [6, 6.07) is 10.9. The molecule has 0 aliphatic carbocycles. The normalized spacial score (nSPS) is 12.0. The van der Waals surface area contributed by atoms with Crippen LogP contribution < -0.4 is 11.1 Å². The largest absolute Gasteiger partial charge is 0.382 e. The van der Waals surface area contributed by atoms with Crippen molar-refractivity contribution in [1.82, 2.24) is 25.3 Å². The van der Waals surface area contributed by atoms with Crippen LogP contribution in [0.2, 0.25) is 0 Å². The number of nitrogens with zero attached hydrogens (tertiary/aromatic N) is 3. The molecule has 3 aromatic rings. The lowest BCUT2D eigenvalue weighted by Crippen LogP contribution is -2.27.